The number of nitrogens with one attached hydrogen (secondary N) is 1. The van der Waals surface area contributed by atoms with Gasteiger partial charge < -0.3 is 5.32 Å². The van der Waals surface area contributed by atoms with Crippen LogP contribution in [0.4, 0.5) is 0 Å². The third-order valence-electron chi connectivity index (χ3n) is 4.52. The van der Waals surface area contributed by atoms with Crippen molar-refractivity contribution < 1.29 is 4.79 Å². The molecule has 4 heteroatoms. The van der Waals surface area contributed by atoms with Crippen LogP contribution in [-0.2, 0) is 11.3 Å². The fourth-order valence-corrected chi connectivity index (χ4v) is 3.41. The summed E-state index contributed by atoms with van der Waals surface area (Å²) in [5.41, 5.74) is 3.46. The molecule has 2 heterocycles. The number of benzene rings is 1. The minimum Gasteiger partial charge on any atom is -0.352 e. The smallest absolute Gasteiger partial charge is 0.219 e. The van der Waals surface area contributed by atoms with Crippen LogP contribution in [0.2, 0.25) is 0 Å². The van der Waals surface area contributed by atoms with E-state index in [0.29, 0.717) is 6.42 Å². The highest BCUT2D eigenvalue weighted by molar-refractivity contribution is 5.82. The van der Waals surface area contributed by atoms with E-state index in [4.69, 9.17) is 0 Å². The molecule has 1 aliphatic heterocycles. The van der Waals surface area contributed by atoms with Crippen LogP contribution in [0, 0.1) is 6.92 Å². The van der Waals surface area contributed by atoms with Crippen LogP contribution in [0.25, 0.3) is 10.9 Å². The number of fused-ring (bicyclic) bond motifs is 1. The van der Waals surface area contributed by atoms with E-state index in [-0.39, 0.29) is 11.9 Å². The molecule has 3 rings (SSSR count). The first-order valence-electron chi connectivity index (χ1n) is 8.52. The number of aryl methyl sites for hydroxylation is 1. The maximum Gasteiger partial charge on any atom is 0.219 e. The van der Waals surface area contributed by atoms with Crippen LogP contribution in [0.1, 0.15) is 37.4 Å². The van der Waals surface area contributed by atoms with Gasteiger partial charge in [-0.2, -0.15) is 0 Å². The fourth-order valence-electron chi connectivity index (χ4n) is 3.41. The summed E-state index contributed by atoms with van der Waals surface area (Å²) in [5.74, 6) is 0.155. The minimum atomic E-state index is 0.155. The van der Waals surface area contributed by atoms with Crippen molar-refractivity contribution in [2.75, 3.05) is 13.1 Å². The predicted octanol–water partition coefficient (Wildman–Crippen LogP) is 3.03. The molecule has 0 saturated carbocycles. The molecule has 1 amide bonds. The molecule has 0 spiro atoms. The van der Waals surface area contributed by atoms with Crippen molar-refractivity contribution in [3.05, 3.63) is 41.6 Å². The van der Waals surface area contributed by atoms with Crippen molar-refractivity contribution in [2.45, 2.75) is 45.7 Å². The average molecular weight is 311 g/mol. The van der Waals surface area contributed by atoms with E-state index < -0.39 is 0 Å². The zero-order valence-electron chi connectivity index (χ0n) is 14.0. The molecule has 1 aliphatic rings. The lowest BCUT2D eigenvalue weighted by Gasteiger charge is -2.33. The number of piperidine rings is 1. The molecule has 1 saturated heterocycles. The predicted molar refractivity (Wildman–Crippen MR) is 93.2 cm³/mol. The van der Waals surface area contributed by atoms with Crippen molar-refractivity contribution >= 4 is 16.8 Å². The zero-order valence-corrected chi connectivity index (χ0v) is 14.0. The van der Waals surface area contributed by atoms with Gasteiger partial charge in [0.25, 0.3) is 0 Å². The van der Waals surface area contributed by atoms with E-state index >= 15 is 0 Å². The second-order valence-electron chi connectivity index (χ2n) is 6.44. The normalized spacial score (nSPS) is 19.0. The van der Waals surface area contributed by atoms with Crippen molar-refractivity contribution in [3.8, 4) is 0 Å². The van der Waals surface area contributed by atoms with Crippen LogP contribution in [-0.4, -0.2) is 34.9 Å². The molecule has 1 aromatic carbocycles. The Labute approximate surface area is 137 Å². The summed E-state index contributed by atoms with van der Waals surface area (Å²) >= 11 is 0. The van der Waals surface area contributed by atoms with Gasteiger partial charge >= 0.3 is 0 Å². The summed E-state index contributed by atoms with van der Waals surface area (Å²) < 4.78 is 0. The first-order chi connectivity index (χ1) is 11.2. The Bertz CT molecular complexity index is 698. The number of likely N-dealkylation sites (tertiary alicyclic amines) is 1. The van der Waals surface area contributed by atoms with Crippen molar-refractivity contribution in [3.63, 3.8) is 0 Å². The number of aromatic nitrogens is 1. The number of hydrogen-bond donors (Lipinski definition) is 1. The Hall–Kier alpha value is -1.94. The van der Waals surface area contributed by atoms with Gasteiger partial charge in [-0.3, -0.25) is 14.7 Å². The first-order valence-corrected chi connectivity index (χ1v) is 8.52. The van der Waals surface area contributed by atoms with E-state index in [1.807, 2.05) is 13.0 Å². The number of carbonyl (C=O) groups excluding carboxylic acids is 1. The van der Waals surface area contributed by atoms with E-state index in [2.05, 4.69) is 46.4 Å². The molecule has 0 aliphatic carbocycles. The van der Waals surface area contributed by atoms with E-state index in [1.165, 1.54) is 10.9 Å². The Morgan fingerprint density at radius 3 is 3.04 bits per heavy atom. The highest BCUT2D eigenvalue weighted by atomic mass is 16.1. The maximum absolute atomic E-state index is 11.6. The second kappa shape index (κ2) is 7.09. The van der Waals surface area contributed by atoms with Gasteiger partial charge in [-0.1, -0.05) is 25.1 Å². The van der Waals surface area contributed by atoms with Gasteiger partial charge in [0.15, 0.2) is 0 Å². The molecule has 1 atom stereocenters. The summed E-state index contributed by atoms with van der Waals surface area (Å²) in [6.45, 7) is 6.90. The van der Waals surface area contributed by atoms with Crippen molar-refractivity contribution in [1.29, 1.82) is 0 Å². The summed E-state index contributed by atoms with van der Waals surface area (Å²) in [7, 11) is 0. The topological polar surface area (TPSA) is 45.2 Å². The summed E-state index contributed by atoms with van der Waals surface area (Å²) in [6, 6.07) is 10.8. The summed E-state index contributed by atoms with van der Waals surface area (Å²) in [4.78, 5) is 18.7. The molecular formula is C19H25N3O. The molecular weight excluding hydrogens is 286 g/mol. The van der Waals surface area contributed by atoms with Gasteiger partial charge in [-0.05, 0) is 44.0 Å². The quantitative estimate of drug-likeness (QED) is 0.944. The van der Waals surface area contributed by atoms with Crippen molar-refractivity contribution in [2.24, 2.45) is 0 Å². The van der Waals surface area contributed by atoms with Gasteiger partial charge in [-0.15, -0.1) is 0 Å². The number of pyridine rings is 1. The van der Waals surface area contributed by atoms with Crippen molar-refractivity contribution in [1.82, 2.24) is 15.2 Å². The van der Waals surface area contributed by atoms with Crippen LogP contribution in [0.5, 0.6) is 0 Å². The average Bonchev–Trinajstić information content (AvgIpc) is 2.55. The number of para-hydroxylation sites is 1. The third kappa shape index (κ3) is 3.88. The molecule has 122 valence electrons. The lowest BCUT2D eigenvalue weighted by atomic mass is 10.0. The molecule has 4 nitrogen and oxygen atoms in total. The second-order valence-corrected chi connectivity index (χ2v) is 6.44. The van der Waals surface area contributed by atoms with Gasteiger partial charge in [0.1, 0.15) is 0 Å². The van der Waals surface area contributed by atoms with Crippen LogP contribution in [0.15, 0.2) is 30.3 Å². The molecule has 1 fully saturated rings. The van der Waals surface area contributed by atoms with Gasteiger partial charge in [0.2, 0.25) is 5.91 Å². The lowest BCUT2D eigenvalue weighted by Crippen LogP contribution is -2.47. The van der Waals surface area contributed by atoms with Crippen LogP contribution >= 0.6 is 0 Å². The summed E-state index contributed by atoms with van der Waals surface area (Å²) in [5, 5.41) is 4.37. The fraction of sp³-hybridized carbons (Fsp3) is 0.474. The van der Waals surface area contributed by atoms with Gasteiger partial charge in [-0.25, -0.2) is 0 Å². The third-order valence-corrected chi connectivity index (χ3v) is 4.52. The van der Waals surface area contributed by atoms with Gasteiger partial charge in [0.05, 0.1) is 5.52 Å². The number of rotatable bonds is 4. The van der Waals surface area contributed by atoms with Gasteiger partial charge in [0, 0.05) is 36.6 Å². The molecule has 0 bridgehead atoms. The molecule has 1 unspecified atom stereocenters. The zero-order chi connectivity index (χ0) is 16.2. The SMILES string of the molecule is CCC(=O)NC1CCCN(Cc2cc(C)nc3ccccc23)C1. The standard InChI is InChI=1S/C19H25N3O/c1-3-19(23)21-16-7-6-10-22(13-16)12-15-11-14(2)20-18-9-5-4-8-17(15)18/h4-5,8-9,11,16H,3,6-7,10,12-13H2,1-2H3,(H,21,23). The largest absolute Gasteiger partial charge is 0.352 e. The number of amides is 1. The molecule has 1 N–H and O–H groups in total. The molecule has 2 aromatic rings. The molecule has 1 aromatic heterocycles. The highest BCUT2D eigenvalue weighted by Gasteiger charge is 2.21. The molecule has 0 radical (unpaired) electrons. The monoisotopic (exact) mass is 311 g/mol. The summed E-state index contributed by atoms with van der Waals surface area (Å²) in [6.07, 6.45) is 2.78. The van der Waals surface area contributed by atoms with Crippen LogP contribution in [0.3, 0.4) is 0 Å². The van der Waals surface area contributed by atoms with E-state index in [0.717, 1.165) is 43.7 Å². The maximum atomic E-state index is 11.6. The Morgan fingerprint density at radius 1 is 1.39 bits per heavy atom. The first kappa shape index (κ1) is 15.9. The Morgan fingerprint density at radius 2 is 2.22 bits per heavy atom. The number of nitrogens with zero attached hydrogens (tertiary/aromatic N) is 2. The van der Waals surface area contributed by atoms with Crippen LogP contribution < -0.4 is 5.32 Å². The Kier molecular flexibility index (Phi) is 4.91. The lowest BCUT2D eigenvalue weighted by molar-refractivity contribution is -0.121. The van der Waals surface area contributed by atoms with E-state index in [9.17, 15) is 4.79 Å². The minimum absolute atomic E-state index is 0.155. The molecule has 23 heavy (non-hydrogen) atoms. The number of hydrogen-bond acceptors (Lipinski definition) is 3. The number of carbonyl (C=O) groups is 1. The Balaban J connectivity index is 1.75. The van der Waals surface area contributed by atoms with E-state index in [1.54, 1.807) is 0 Å². The highest BCUT2D eigenvalue weighted by Crippen LogP contribution is 2.21.